The van der Waals surface area contributed by atoms with Crippen molar-refractivity contribution in [3.05, 3.63) is 0 Å². The van der Waals surface area contributed by atoms with Crippen molar-refractivity contribution in [2.24, 2.45) is 5.92 Å². The molecular weight excluding hydrogens is 637 g/mol. The van der Waals surface area contributed by atoms with Crippen molar-refractivity contribution in [1.29, 1.82) is 0 Å². The van der Waals surface area contributed by atoms with Crippen molar-refractivity contribution in [3.63, 3.8) is 0 Å². The molecule has 0 spiro atoms. The first-order valence-corrected chi connectivity index (χ1v) is 32.1. The lowest BCUT2D eigenvalue weighted by molar-refractivity contribution is 0.0702. The van der Waals surface area contributed by atoms with E-state index in [1.165, 1.54) is 115 Å². The van der Waals surface area contributed by atoms with Crippen LogP contribution < -0.4 is 0 Å². The van der Waals surface area contributed by atoms with Gasteiger partial charge in [0.2, 0.25) is 0 Å². The summed E-state index contributed by atoms with van der Waals surface area (Å²) in [5.74, 6) is 0.631. The summed E-state index contributed by atoms with van der Waals surface area (Å²) in [5, 5.41) is 0. The minimum absolute atomic E-state index is 0.391. The molecule has 2 saturated heterocycles. The molecule has 274 valence electrons. The van der Waals surface area contributed by atoms with Gasteiger partial charge in [0.05, 0.1) is 12.2 Å². The Morgan fingerprint density at radius 3 is 1.74 bits per heavy atom. The zero-order valence-corrected chi connectivity index (χ0v) is 36.8. The van der Waals surface area contributed by atoms with Gasteiger partial charge in [-0.3, -0.25) is 0 Å². The van der Waals surface area contributed by atoms with Gasteiger partial charge in [0, 0.05) is 26.3 Å². The largest absolute Gasteiger partial charge is 0.418 e. The molecule has 0 aliphatic carbocycles. The summed E-state index contributed by atoms with van der Waals surface area (Å²) in [7, 11) is -6.14. The predicted molar refractivity (Wildman–Crippen MR) is 210 cm³/mol. The predicted octanol–water partition coefficient (Wildman–Crippen LogP) is 9.82. The number of hydrogen-bond acceptors (Lipinski definition) is 6. The van der Waals surface area contributed by atoms with Crippen LogP contribution in [0.3, 0.4) is 0 Å². The number of rotatable bonds is 20. The van der Waals surface area contributed by atoms with E-state index in [1.807, 2.05) is 0 Å². The zero-order chi connectivity index (χ0) is 34.3. The van der Waals surface area contributed by atoms with E-state index in [-0.39, 0.29) is 0 Å². The lowest BCUT2D eigenvalue weighted by Crippen LogP contribution is -2.48. The molecule has 46 heavy (non-hydrogen) atoms. The van der Waals surface area contributed by atoms with E-state index in [1.54, 1.807) is 0 Å². The lowest BCUT2D eigenvalue weighted by atomic mass is 9.96. The van der Waals surface area contributed by atoms with Crippen LogP contribution in [0.5, 0.6) is 0 Å². The van der Waals surface area contributed by atoms with Crippen molar-refractivity contribution < 1.29 is 17.7 Å². The molecule has 0 amide bonds. The van der Waals surface area contributed by atoms with Crippen LogP contribution in [0.2, 0.25) is 76.6 Å². The standard InChI is InChI=1S/C36H80N2O4Si4/c1-12-39-43(4,5)28-18-24-37-25-20-30-45(8,9)41-35(32-37)23-17-15-14-16-22-34(3)36-33-38(27-21-31-46(10,11)42-36)26-19-29-44(6,7)40-13-2/h34-36H,12-33H2,1-11H3. The van der Waals surface area contributed by atoms with Gasteiger partial charge in [0.25, 0.3) is 0 Å². The van der Waals surface area contributed by atoms with Gasteiger partial charge in [0.1, 0.15) is 0 Å². The van der Waals surface area contributed by atoms with Crippen molar-refractivity contribution in [2.45, 2.75) is 174 Å². The molecule has 3 atom stereocenters. The van der Waals surface area contributed by atoms with Crippen LogP contribution in [-0.2, 0) is 17.7 Å². The Morgan fingerprint density at radius 1 is 0.696 bits per heavy atom. The molecule has 2 rings (SSSR count). The van der Waals surface area contributed by atoms with Crippen molar-refractivity contribution in [2.75, 3.05) is 52.5 Å². The third-order valence-electron chi connectivity index (χ3n) is 10.5. The van der Waals surface area contributed by atoms with Crippen molar-refractivity contribution in [3.8, 4) is 0 Å². The second-order valence-corrected chi connectivity index (χ2v) is 34.4. The lowest BCUT2D eigenvalue weighted by Gasteiger charge is -2.39. The first kappa shape index (κ1) is 42.8. The summed E-state index contributed by atoms with van der Waals surface area (Å²) in [5.41, 5.74) is 0. The monoisotopic (exact) mass is 717 g/mol. The van der Waals surface area contributed by atoms with Gasteiger partial charge in [-0.05, 0) is 161 Å². The Kier molecular flexibility index (Phi) is 19.6. The van der Waals surface area contributed by atoms with Crippen LogP contribution in [0.4, 0.5) is 0 Å². The van der Waals surface area contributed by atoms with Gasteiger partial charge in [-0.1, -0.05) is 32.6 Å². The van der Waals surface area contributed by atoms with E-state index >= 15 is 0 Å². The Balaban J connectivity index is 1.78. The molecule has 3 unspecified atom stereocenters. The van der Waals surface area contributed by atoms with Crippen molar-refractivity contribution in [1.82, 2.24) is 9.80 Å². The molecule has 10 heteroatoms. The van der Waals surface area contributed by atoms with E-state index < -0.39 is 33.3 Å². The molecule has 2 aliphatic heterocycles. The van der Waals surface area contributed by atoms with Crippen LogP contribution in [0.25, 0.3) is 0 Å². The smallest absolute Gasteiger partial charge is 0.187 e. The van der Waals surface area contributed by atoms with Crippen LogP contribution >= 0.6 is 0 Å². The molecule has 0 aromatic heterocycles. The highest BCUT2D eigenvalue weighted by Gasteiger charge is 2.33. The van der Waals surface area contributed by atoms with Gasteiger partial charge in [0.15, 0.2) is 33.3 Å². The van der Waals surface area contributed by atoms with E-state index in [0.717, 1.165) is 26.3 Å². The molecule has 0 bridgehead atoms. The average Bonchev–Trinajstić information content (AvgIpc) is 2.91. The second kappa shape index (κ2) is 21.1. The van der Waals surface area contributed by atoms with E-state index in [9.17, 15) is 0 Å². The minimum Gasteiger partial charge on any atom is -0.418 e. The number of unbranched alkanes of at least 4 members (excludes halogenated alkanes) is 3. The van der Waals surface area contributed by atoms with Crippen LogP contribution in [-0.4, -0.2) is 108 Å². The highest BCUT2D eigenvalue weighted by Crippen LogP contribution is 2.28. The second-order valence-electron chi connectivity index (χ2n) is 17.3. The molecule has 0 aromatic rings. The molecule has 6 nitrogen and oxygen atoms in total. The summed E-state index contributed by atoms with van der Waals surface area (Å²) in [6, 6.07) is 5.11. The Bertz CT molecular complexity index is 817. The SMILES string of the molecule is CCO[Si](C)(C)CCCN1CCC[Si](C)(C)OC(CCCCCCC(C)C2CN(CCC[Si](C)(C)OCC)CCC[Si](C)(C)O2)C1. The quantitative estimate of drug-likeness (QED) is 0.0924. The van der Waals surface area contributed by atoms with Gasteiger partial charge in [-0.25, -0.2) is 0 Å². The molecule has 0 aromatic carbocycles. The third-order valence-corrected chi connectivity index (χ3v) is 20.8. The first-order valence-electron chi connectivity index (χ1n) is 19.6. The van der Waals surface area contributed by atoms with Gasteiger partial charge >= 0.3 is 0 Å². The fourth-order valence-corrected chi connectivity index (χ4v) is 16.2. The number of nitrogens with zero attached hydrogens (tertiary/aromatic N) is 2. The van der Waals surface area contributed by atoms with E-state index in [0.29, 0.717) is 18.1 Å². The average molecular weight is 717 g/mol. The highest BCUT2D eigenvalue weighted by atomic mass is 28.4. The molecular formula is C36H80N2O4Si4. The summed E-state index contributed by atoms with van der Waals surface area (Å²) in [4.78, 5) is 5.45. The zero-order valence-electron chi connectivity index (χ0n) is 32.8. The maximum Gasteiger partial charge on any atom is 0.187 e. The fourth-order valence-electron chi connectivity index (χ4n) is 7.85. The third kappa shape index (κ3) is 18.6. The Morgan fingerprint density at radius 2 is 1.20 bits per heavy atom. The van der Waals surface area contributed by atoms with Crippen LogP contribution in [0, 0.1) is 5.92 Å². The minimum atomic E-state index is -1.59. The Hall–Kier alpha value is 0.628. The molecule has 2 aliphatic rings. The van der Waals surface area contributed by atoms with Gasteiger partial charge < -0.3 is 27.5 Å². The molecule has 0 saturated carbocycles. The number of hydrogen-bond donors (Lipinski definition) is 0. The first-order chi connectivity index (χ1) is 21.6. The van der Waals surface area contributed by atoms with Crippen LogP contribution in [0.1, 0.15) is 85.0 Å². The van der Waals surface area contributed by atoms with Crippen molar-refractivity contribution >= 4 is 33.3 Å². The van der Waals surface area contributed by atoms with E-state index in [2.05, 4.69) is 82.9 Å². The van der Waals surface area contributed by atoms with E-state index in [4.69, 9.17) is 17.7 Å². The highest BCUT2D eigenvalue weighted by molar-refractivity contribution is 6.72. The maximum absolute atomic E-state index is 6.98. The summed E-state index contributed by atoms with van der Waals surface area (Å²) >= 11 is 0. The summed E-state index contributed by atoms with van der Waals surface area (Å²) in [6.45, 7) is 34.9. The fraction of sp³-hybridized carbons (Fsp3) is 1.00. The topological polar surface area (TPSA) is 43.4 Å². The normalized spacial score (nSPS) is 24.6. The Labute approximate surface area is 291 Å². The van der Waals surface area contributed by atoms with Gasteiger partial charge in [-0.15, -0.1) is 0 Å². The summed E-state index contributed by atoms with van der Waals surface area (Å²) in [6.07, 6.45) is 13.8. The molecule has 2 fully saturated rings. The van der Waals surface area contributed by atoms with Crippen LogP contribution in [0.15, 0.2) is 0 Å². The molecule has 0 radical (unpaired) electrons. The molecule has 2 heterocycles. The molecule has 0 N–H and O–H groups in total. The maximum atomic E-state index is 6.98. The summed E-state index contributed by atoms with van der Waals surface area (Å²) < 4.78 is 26.1. The van der Waals surface area contributed by atoms with Gasteiger partial charge in [-0.2, -0.15) is 0 Å².